The van der Waals surface area contributed by atoms with Crippen LogP contribution in [0.2, 0.25) is 0 Å². The first-order valence-electron chi connectivity index (χ1n) is 9.71. The maximum absolute atomic E-state index is 12.5. The molecule has 32 heavy (non-hydrogen) atoms. The average Bonchev–Trinajstić information content (AvgIpc) is 3.33. The Kier molecular flexibility index (Phi) is 6.66. The molecule has 0 spiro atoms. The van der Waals surface area contributed by atoms with Crippen molar-refractivity contribution < 1.29 is 13.2 Å². The third-order valence-electron chi connectivity index (χ3n) is 4.76. The van der Waals surface area contributed by atoms with Crippen LogP contribution in [0.25, 0.3) is 10.2 Å². The Balaban J connectivity index is 1.37. The van der Waals surface area contributed by atoms with Gasteiger partial charge in [0.15, 0.2) is 15.0 Å². The zero-order valence-corrected chi connectivity index (χ0v) is 21.0. The van der Waals surface area contributed by atoms with Gasteiger partial charge < -0.3 is 5.32 Å². The lowest BCUT2D eigenvalue weighted by Crippen LogP contribution is -2.14. The summed E-state index contributed by atoms with van der Waals surface area (Å²) in [5, 5.41) is 5.14. The van der Waals surface area contributed by atoms with Crippen LogP contribution >= 0.6 is 34.4 Å². The van der Waals surface area contributed by atoms with Gasteiger partial charge in [-0.2, -0.15) is 0 Å². The molecule has 0 bridgehead atoms. The van der Waals surface area contributed by atoms with Crippen LogP contribution in [0, 0.1) is 13.8 Å². The second kappa shape index (κ2) is 9.30. The number of carbonyl (C=O) groups is 1. The molecule has 2 aromatic heterocycles. The zero-order chi connectivity index (χ0) is 22.9. The van der Waals surface area contributed by atoms with Gasteiger partial charge in [-0.3, -0.25) is 4.79 Å². The van der Waals surface area contributed by atoms with Gasteiger partial charge in [0.1, 0.15) is 4.34 Å². The summed E-state index contributed by atoms with van der Waals surface area (Å²) in [5.41, 5.74) is 5.16. The molecular formula is C22H21N3O3S4. The molecule has 0 aliphatic rings. The highest BCUT2D eigenvalue weighted by atomic mass is 32.2. The molecule has 0 atom stereocenters. The van der Waals surface area contributed by atoms with E-state index in [9.17, 15) is 13.2 Å². The van der Waals surface area contributed by atoms with E-state index in [0.717, 1.165) is 15.8 Å². The van der Waals surface area contributed by atoms with E-state index in [4.69, 9.17) is 0 Å². The molecule has 0 radical (unpaired) electrons. The average molecular weight is 504 g/mol. The predicted molar refractivity (Wildman–Crippen MR) is 133 cm³/mol. The number of hydrogen-bond acceptors (Lipinski definition) is 8. The van der Waals surface area contributed by atoms with Crippen molar-refractivity contribution in [1.29, 1.82) is 0 Å². The Morgan fingerprint density at radius 1 is 1.12 bits per heavy atom. The minimum Gasteiger partial charge on any atom is -0.302 e. The maximum atomic E-state index is 12.5. The van der Waals surface area contributed by atoms with Crippen LogP contribution in [-0.2, 0) is 26.8 Å². The Morgan fingerprint density at radius 2 is 1.94 bits per heavy atom. The number of nitrogens with zero attached hydrogens (tertiary/aromatic N) is 2. The molecule has 0 saturated carbocycles. The molecule has 1 amide bonds. The summed E-state index contributed by atoms with van der Waals surface area (Å²) in [5.74, 6) is 0.636. The Hall–Kier alpha value is -2.27. The van der Waals surface area contributed by atoms with E-state index < -0.39 is 9.84 Å². The van der Waals surface area contributed by atoms with Crippen molar-refractivity contribution in [1.82, 2.24) is 9.97 Å². The normalized spacial score (nSPS) is 11.7. The quantitative estimate of drug-likeness (QED) is 0.347. The van der Waals surface area contributed by atoms with Gasteiger partial charge in [0, 0.05) is 17.4 Å². The summed E-state index contributed by atoms with van der Waals surface area (Å²) in [6.45, 7) is 4.20. The summed E-state index contributed by atoms with van der Waals surface area (Å²) in [6, 6.07) is 11.2. The predicted octanol–water partition coefficient (Wildman–Crippen LogP) is 5.25. The number of hydrogen-bond donors (Lipinski definition) is 1. The van der Waals surface area contributed by atoms with Gasteiger partial charge in [0.25, 0.3) is 0 Å². The number of rotatable bonds is 7. The number of anilines is 1. The number of carbonyl (C=O) groups excluding carboxylic acids is 1. The van der Waals surface area contributed by atoms with Crippen molar-refractivity contribution in [3.05, 3.63) is 64.2 Å². The number of thioether (sulfide) groups is 1. The van der Waals surface area contributed by atoms with Crippen molar-refractivity contribution in [2.24, 2.45) is 0 Å². The van der Waals surface area contributed by atoms with Crippen molar-refractivity contribution in [2.75, 3.05) is 11.6 Å². The van der Waals surface area contributed by atoms with E-state index in [2.05, 4.69) is 47.3 Å². The van der Waals surface area contributed by atoms with E-state index >= 15 is 0 Å². The molecule has 1 N–H and O–H groups in total. The van der Waals surface area contributed by atoms with E-state index in [-0.39, 0.29) is 17.2 Å². The van der Waals surface area contributed by atoms with Crippen LogP contribution < -0.4 is 5.32 Å². The first kappa shape index (κ1) is 22.9. The van der Waals surface area contributed by atoms with Crippen LogP contribution in [0.15, 0.2) is 51.0 Å². The molecule has 2 heterocycles. The molecule has 2 aromatic carbocycles. The summed E-state index contributed by atoms with van der Waals surface area (Å²) < 4.78 is 25.1. The summed E-state index contributed by atoms with van der Waals surface area (Å²) in [4.78, 5) is 21.7. The van der Waals surface area contributed by atoms with Crippen LogP contribution in [0.3, 0.4) is 0 Å². The number of sulfone groups is 1. The van der Waals surface area contributed by atoms with Gasteiger partial charge in [-0.15, -0.1) is 11.3 Å². The van der Waals surface area contributed by atoms with Crippen LogP contribution in [0.4, 0.5) is 5.13 Å². The van der Waals surface area contributed by atoms with E-state index in [1.807, 2.05) is 5.38 Å². The third kappa shape index (κ3) is 5.55. The third-order valence-corrected chi connectivity index (χ3v) is 8.93. The molecule has 4 aromatic rings. The van der Waals surface area contributed by atoms with Crippen molar-refractivity contribution >= 4 is 65.5 Å². The lowest BCUT2D eigenvalue weighted by atomic mass is 10.1. The van der Waals surface area contributed by atoms with Gasteiger partial charge in [0.05, 0.1) is 27.2 Å². The fourth-order valence-corrected chi connectivity index (χ4v) is 6.60. The van der Waals surface area contributed by atoms with Crippen LogP contribution in [0.1, 0.15) is 22.4 Å². The number of nitrogens with one attached hydrogen (secondary N) is 1. The highest BCUT2D eigenvalue weighted by Gasteiger charge is 2.14. The topological polar surface area (TPSA) is 89.0 Å². The van der Waals surface area contributed by atoms with E-state index in [0.29, 0.717) is 15.3 Å². The Labute approximate surface area is 199 Å². The van der Waals surface area contributed by atoms with Crippen molar-refractivity contribution in [3.8, 4) is 0 Å². The van der Waals surface area contributed by atoms with Crippen molar-refractivity contribution in [3.63, 3.8) is 0 Å². The molecule has 0 aliphatic carbocycles. The molecule has 166 valence electrons. The largest absolute Gasteiger partial charge is 0.302 e. The number of aryl methyl sites for hydroxylation is 2. The van der Waals surface area contributed by atoms with Gasteiger partial charge >= 0.3 is 0 Å². The SMILES string of the molecule is Cc1ccc(C)c(CSc2nc(CC(=O)Nc3nc4ccc(S(C)(=O)=O)cc4s3)cs2)c1. The molecule has 10 heteroatoms. The lowest BCUT2D eigenvalue weighted by molar-refractivity contribution is -0.115. The smallest absolute Gasteiger partial charge is 0.232 e. The first-order valence-corrected chi connectivity index (χ1v) is 14.3. The van der Waals surface area contributed by atoms with Crippen LogP contribution in [0.5, 0.6) is 0 Å². The van der Waals surface area contributed by atoms with Gasteiger partial charge in [-0.05, 0) is 43.2 Å². The molecular weight excluding hydrogens is 483 g/mol. The highest BCUT2D eigenvalue weighted by Crippen LogP contribution is 2.30. The molecule has 0 fully saturated rings. The van der Waals surface area contributed by atoms with Gasteiger partial charge in [0.2, 0.25) is 5.91 Å². The van der Waals surface area contributed by atoms with E-state index in [1.165, 1.54) is 51.7 Å². The fourth-order valence-electron chi connectivity index (χ4n) is 3.05. The Morgan fingerprint density at radius 3 is 2.72 bits per heavy atom. The first-order chi connectivity index (χ1) is 15.2. The molecule has 0 unspecified atom stereocenters. The summed E-state index contributed by atoms with van der Waals surface area (Å²) >= 11 is 4.46. The minimum absolute atomic E-state index is 0.158. The number of fused-ring (bicyclic) bond motifs is 1. The van der Waals surface area contributed by atoms with Crippen molar-refractivity contribution in [2.45, 2.75) is 35.3 Å². The number of amides is 1. The zero-order valence-electron chi connectivity index (χ0n) is 17.7. The van der Waals surface area contributed by atoms with E-state index in [1.54, 1.807) is 23.9 Å². The monoisotopic (exact) mass is 503 g/mol. The molecule has 4 rings (SSSR count). The minimum atomic E-state index is -3.29. The molecule has 0 saturated heterocycles. The molecule has 0 aliphatic heterocycles. The number of aromatic nitrogens is 2. The lowest BCUT2D eigenvalue weighted by Gasteiger charge is -2.05. The highest BCUT2D eigenvalue weighted by molar-refractivity contribution is 8.00. The second-order valence-corrected chi connectivity index (χ2v) is 12.6. The van der Waals surface area contributed by atoms with Crippen LogP contribution in [-0.4, -0.2) is 30.5 Å². The number of benzene rings is 2. The second-order valence-electron chi connectivity index (χ2n) is 7.47. The maximum Gasteiger partial charge on any atom is 0.232 e. The van der Waals surface area contributed by atoms with Gasteiger partial charge in [-0.1, -0.05) is 46.9 Å². The fraction of sp³-hybridized carbons (Fsp3) is 0.227. The van der Waals surface area contributed by atoms with Gasteiger partial charge in [-0.25, -0.2) is 18.4 Å². The standard InChI is InChI=1S/C22H21N3O3S4/c1-13-4-5-14(2)15(8-13)11-29-22-23-16(12-30-22)9-20(26)25-21-24-18-7-6-17(32(3,27)28)10-19(18)31-21/h4-8,10,12H,9,11H2,1-3H3,(H,24,25,26). The summed E-state index contributed by atoms with van der Waals surface area (Å²) in [7, 11) is -3.29. The summed E-state index contributed by atoms with van der Waals surface area (Å²) in [6.07, 6.45) is 1.32. The molecule has 6 nitrogen and oxygen atoms in total. The Bertz CT molecular complexity index is 1410. The number of thiazole rings is 2.